The first kappa shape index (κ1) is 13.6. The quantitative estimate of drug-likeness (QED) is 0.885. The molecule has 2 heteroatoms. The Labute approximate surface area is 111 Å². The molecule has 1 heterocycles. The van der Waals surface area contributed by atoms with Crippen LogP contribution in [0.25, 0.3) is 0 Å². The van der Waals surface area contributed by atoms with Crippen molar-refractivity contribution in [1.29, 1.82) is 0 Å². The van der Waals surface area contributed by atoms with Gasteiger partial charge in [0.2, 0.25) is 0 Å². The summed E-state index contributed by atoms with van der Waals surface area (Å²) in [6.07, 6.45) is 1.15. The second-order valence-electron chi connectivity index (χ2n) is 5.56. The van der Waals surface area contributed by atoms with Gasteiger partial charge in [-0.1, -0.05) is 25.1 Å². The van der Waals surface area contributed by atoms with Crippen molar-refractivity contribution in [2.45, 2.75) is 33.2 Å². The molecule has 3 atom stereocenters. The van der Waals surface area contributed by atoms with Crippen LogP contribution in [0.15, 0.2) is 18.2 Å². The van der Waals surface area contributed by atoms with Crippen LogP contribution in [0, 0.1) is 25.7 Å². The van der Waals surface area contributed by atoms with Gasteiger partial charge in [0, 0.05) is 19.3 Å². The van der Waals surface area contributed by atoms with E-state index in [1.54, 1.807) is 0 Å². The zero-order valence-corrected chi connectivity index (χ0v) is 12.0. The molecule has 0 radical (unpaired) electrons. The van der Waals surface area contributed by atoms with Crippen LogP contribution in [-0.2, 0) is 4.74 Å². The second kappa shape index (κ2) is 5.85. The van der Waals surface area contributed by atoms with Crippen molar-refractivity contribution in [3.63, 3.8) is 0 Å². The molecule has 1 fully saturated rings. The van der Waals surface area contributed by atoms with Crippen molar-refractivity contribution < 1.29 is 4.74 Å². The maximum Gasteiger partial charge on any atom is 0.0494 e. The molecule has 1 saturated heterocycles. The molecule has 0 aliphatic carbocycles. The highest BCUT2D eigenvalue weighted by Gasteiger charge is 2.30. The minimum atomic E-state index is 0.448. The topological polar surface area (TPSA) is 21.3 Å². The zero-order chi connectivity index (χ0) is 13.1. The molecule has 18 heavy (non-hydrogen) atoms. The first-order valence-electron chi connectivity index (χ1n) is 6.96. The Bertz CT molecular complexity index is 402. The van der Waals surface area contributed by atoms with Crippen molar-refractivity contribution in [3.8, 4) is 0 Å². The number of hydrogen-bond donors (Lipinski definition) is 1. The number of nitrogens with one attached hydrogen (secondary N) is 1. The molecule has 0 saturated carbocycles. The third kappa shape index (κ3) is 2.60. The van der Waals surface area contributed by atoms with E-state index < -0.39 is 0 Å². The smallest absolute Gasteiger partial charge is 0.0494 e. The van der Waals surface area contributed by atoms with Crippen molar-refractivity contribution in [2.75, 3.05) is 20.3 Å². The van der Waals surface area contributed by atoms with E-state index >= 15 is 0 Å². The lowest BCUT2D eigenvalue weighted by Crippen LogP contribution is -2.36. The number of benzene rings is 1. The van der Waals surface area contributed by atoms with E-state index in [0.717, 1.165) is 19.6 Å². The maximum absolute atomic E-state index is 5.57. The summed E-state index contributed by atoms with van der Waals surface area (Å²) in [4.78, 5) is 0. The molecule has 0 bridgehead atoms. The maximum atomic E-state index is 5.57. The van der Waals surface area contributed by atoms with Gasteiger partial charge in [0.15, 0.2) is 0 Å². The Hall–Kier alpha value is -0.860. The predicted octanol–water partition coefficient (Wildman–Crippen LogP) is 3.24. The summed E-state index contributed by atoms with van der Waals surface area (Å²) in [6.45, 7) is 8.53. The van der Waals surface area contributed by atoms with Crippen LogP contribution in [0.1, 0.15) is 36.1 Å². The molecule has 1 N–H and O–H groups in total. The normalized spacial score (nSPS) is 26.0. The van der Waals surface area contributed by atoms with Crippen LogP contribution in [0.2, 0.25) is 0 Å². The minimum absolute atomic E-state index is 0.448. The van der Waals surface area contributed by atoms with Gasteiger partial charge in [-0.05, 0) is 55.8 Å². The van der Waals surface area contributed by atoms with Gasteiger partial charge in [0.05, 0.1) is 0 Å². The molecule has 1 aromatic rings. The van der Waals surface area contributed by atoms with Crippen LogP contribution in [-0.4, -0.2) is 20.3 Å². The fourth-order valence-electron chi connectivity index (χ4n) is 3.10. The van der Waals surface area contributed by atoms with Crippen LogP contribution >= 0.6 is 0 Å². The summed E-state index contributed by atoms with van der Waals surface area (Å²) >= 11 is 0. The van der Waals surface area contributed by atoms with Crippen molar-refractivity contribution in [3.05, 3.63) is 34.9 Å². The second-order valence-corrected chi connectivity index (χ2v) is 5.56. The Morgan fingerprint density at radius 1 is 1.33 bits per heavy atom. The number of rotatable bonds is 3. The molecule has 0 aromatic heterocycles. The third-order valence-electron chi connectivity index (χ3n) is 4.43. The van der Waals surface area contributed by atoms with Gasteiger partial charge < -0.3 is 10.1 Å². The van der Waals surface area contributed by atoms with Crippen molar-refractivity contribution >= 4 is 0 Å². The molecule has 100 valence electrons. The zero-order valence-electron chi connectivity index (χ0n) is 12.0. The van der Waals surface area contributed by atoms with E-state index in [4.69, 9.17) is 4.74 Å². The molecule has 1 aliphatic heterocycles. The highest BCUT2D eigenvalue weighted by molar-refractivity contribution is 5.35. The fourth-order valence-corrected chi connectivity index (χ4v) is 3.10. The van der Waals surface area contributed by atoms with Crippen molar-refractivity contribution in [1.82, 2.24) is 5.32 Å². The molecule has 3 unspecified atom stereocenters. The van der Waals surface area contributed by atoms with Crippen molar-refractivity contribution in [2.24, 2.45) is 11.8 Å². The van der Waals surface area contributed by atoms with E-state index in [1.807, 2.05) is 0 Å². The fraction of sp³-hybridized carbons (Fsp3) is 0.625. The standard InChI is InChI=1S/C16H25NO/c1-11-6-5-7-15(13(11)3)16(17-4)14-8-9-18-10-12(14)2/h5-7,12,14,16-17H,8-10H2,1-4H3. The van der Waals surface area contributed by atoms with Gasteiger partial charge in [0.1, 0.15) is 0 Å². The van der Waals surface area contributed by atoms with E-state index in [0.29, 0.717) is 17.9 Å². The lowest BCUT2D eigenvalue weighted by molar-refractivity contribution is 0.0115. The highest BCUT2D eigenvalue weighted by atomic mass is 16.5. The molecule has 1 aliphatic rings. The van der Waals surface area contributed by atoms with Crippen LogP contribution in [0.5, 0.6) is 0 Å². The van der Waals surface area contributed by atoms with Crippen LogP contribution < -0.4 is 5.32 Å². The van der Waals surface area contributed by atoms with Gasteiger partial charge in [-0.2, -0.15) is 0 Å². The summed E-state index contributed by atoms with van der Waals surface area (Å²) in [5, 5.41) is 3.53. The van der Waals surface area contributed by atoms with Gasteiger partial charge in [-0.15, -0.1) is 0 Å². The molecule has 1 aromatic carbocycles. The molecule has 2 nitrogen and oxygen atoms in total. The summed E-state index contributed by atoms with van der Waals surface area (Å²) in [6, 6.07) is 7.08. The molecule has 2 rings (SSSR count). The summed E-state index contributed by atoms with van der Waals surface area (Å²) in [5.74, 6) is 1.29. The minimum Gasteiger partial charge on any atom is -0.381 e. The number of hydrogen-bond acceptors (Lipinski definition) is 2. The molecule has 0 amide bonds. The van der Waals surface area contributed by atoms with Gasteiger partial charge >= 0.3 is 0 Å². The first-order chi connectivity index (χ1) is 8.65. The van der Waals surface area contributed by atoms with E-state index in [1.165, 1.54) is 16.7 Å². The number of ether oxygens (including phenoxy) is 1. The highest BCUT2D eigenvalue weighted by Crippen LogP contribution is 2.35. The molecular weight excluding hydrogens is 222 g/mol. The summed E-state index contributed by atoms with van der Waals surface area (Å²) in [5.41, 5.74) is 4.26. The predicted molar refractivity (Wildman–Crippen MR) is 75.8 cm³/mol. The van der Waals surface area contributed by atoms with E-state index in [-0.39, 0.29) is 0 Å². The lowest BCUT2D eigenvalue weighted by Gasteiger charge is -2.36. The molecular formula is C16H25NO. The third-order valence-corrected chi connectivity index (χ3v) is 4.43. The van der Waals surface area contributed by atoms with Gasteiger partial charge in [0.25, 0.3) is 0 Å². The van der Waals surface area contributed by atoms with E-state index in [2.05, 4.69) is 51.3 Å². The summed E-state index contributed by atoms with van der Waals surface area (Å²) in [7, 11) is 2.08. The first-order valence-corrected chi connectivity index (χ1v) is 6.96. The molecule has 0 spiro atoms. The lowest BCUT2D eigenvalue weighted by atomic mass is 9.79. The Morgan fingerprint density at radius 3 is 2.78 bits per heavy atom. The number of aryl methyl sites for hydroxylation is 1. The van der Waals surface area contributed by atoms with Crippen LogP contribution in [0.4, 0.5) is 0 Å². The SMILES string of the molecule is CNC(c1cccc(C)c1C)C1CCOCC1C. The largest absolute Gasteiger partial charge is 0.381 e. The Balaban J connectivity index is 2.29. The van der Waals surface area contributed by atoms with Gasteiger partial charge in [-0.3, -0.25) is 0 Å². The Kier molecular flexibility index (Phi) is 4.41. The van der Waals surface area contributed by atoms with E-state index in [9.17, 15) is 0 Å². The Morgan fingerprint density at radius 2 is 2.11 bits per heavy atom. The van der Waals surface area contributed by atoms with Gasteiger partial charge in [-0.25, -0.2) is 0 Å². The average molecular weight is 247 g/mol. The average Bonchev–Trinajstić information content (AvgIpc) is 2.37. The van der Waals surface area contributed by atoms with Crippen LogP contribution in [0.3, 0.4) is 0 Å². The summed E-state index contributed by atoms with van der Waals surface area (Å²) < 4.78 is 5.57. The monoisotopic (exact) mass is 247 g/mol.